The van der Waals surface area contributed by atoms with Gasteiger partial charge in [0.15, 0.2) is 0 Å². The smallest absolute Gasteiger partial charge is 0.335 e. The van der Waals surface area contributed by atoms with E-state index in [0.29, 0.717) is 11.6 Å². The highest BCUT2D eigenvalue weighted by Gasteiger charge is 2.14. The predicted octanol–water partition coefficient (Wildman–Crippen LogP) is 3.77. The van der Waals surface area contributed by atoms with E-state index in [2.05, 4.69) is 34.7 Å². The maximum absolute atomic E-state index is 11.0. The molecule has 0 atom stereocenters. The van der Waals surface area contributed by atoms with Gasteiger partial charge >= 0.3 is 5.97 Å². The van der Waals surface area contributed by atoms with Gasteiger partial charge in [0.05, 0.1) is 5.56 Å². The van der Waals surface area contributed by atoms with Crippen LogP contribution in [0.4, 0.5) is 5.69 Å². The number of carbonyl (C=O) groups is 1. The van der Waals surface area contributed by atoms with Gasteiger partial charge in [-0.15, -0.1) is 0 Å². The molecular formula is C13H18BrNO2. The molecular weight excluding hydrogens is 282 g/mol. The van der Waals surface area contributed by atoms with Crippen molar-refractivity contribution in [1.29, 1.82) is 0 Å². The number of anilines is 1. The molecule has 0 aliphatic heterocycles. The fraction of sp³-hybridized carbons (Fsp3) is 0.462. The second-order valence-electron chi connectivity index (χ2n) is 4.08. The number of aromatic carboxylic acids is 1. The fourth-order valence-electron chi connectivity index (χ4n) is 1.95. The molecule has 94 valence electrons. The molecule has 0 bridgehead atoms. The summed E-state index contributed by atoms with van der Waals surface area (Å²) in [4.78, 5) is 13.1. The molecule has 0 fully saturated rings. The van der Waals surface area contributed by atoms with E-state index < -0.39 is 5.97 Å². The lowest BCUT2D eigenvalue weighted by atomic mass is 10.1. The lowest BCUT2D eigenvalue weighted by Gasteiger charge is -2.28. The summed E-state index contributed by atoms with van der Waals surface area (Å²) in [5.74, 6) is -0.898. The summed E-state index contributed by atoms with van der Waals surface area (Å²) < 4.78 is 0.796. The van der Waals surface area contributed by atoms with Crippen LogP contribution in [0.25, 0.3) is 0 Å². The number of carboxylic acids is 1. The first kappa shape index (κ1) is 14.0. The zero-order chi connectivity index (χ0) is 13.0. The molecule has 3 nitrogen and oxygen atoms in total. The number of hydrogen-bond acceptors (Lipinski definition) is 2. The first-order valence-corrected chi connectivity index (χ1v) is 6.55. The summed E-state index contributed by atoms with van der Waals surface area (Å²) >= 11 is 3.35. The Morgan fingerprint density at radius 2 is 1.94 bits per heavy atom. The quantitative estimate of drug-likeness (QED) is 0.900. The Bertz CT molecular complexity index is 402. The minimum absolute atomic E-state index is 0.312. The van der Waals surface area contributed by atoms with Crippen molar-refractivity contribution in [2.24, 2.45) is 0 Å². The van der Waals surface area contributed by atoms with E-state index in [9.17, 15) is 4.79 Å². The van der Waals surface area contributed by atoms with Gasteiger partial charge in [-0.3, -0.25) is 0 Å². The van der Waals surface area contributed by atoms with Gasteiger partial charge in [0, 0.05) is 23.2 Å². The number of hydrogen-bond donors (Lipinski definition) is 1. The van der Waals surface area contributed by atoms with Gasteiger partial charge < -0.3 is 10.0 Å². The maximum atomic E-state index is 11.0. The Morgan fingerprint density at radius 1 is 1.35 bits per heavy atom. The van der Waals surface area contributed by atoms with E-state index in [4.69, 9.17) is 5.11 Å². The van der Waals surface area contributed by atoms with Crippen molar-refractivity contribution in [2.45, 2.75) is 32.7 Å². The van der Waals surface area contributed by atoms with Gasteiger partial charge in [-0.05, 0) is 31.0 Å². The van der Waals surface area contributed by atoms with Crippen LogP contribution in [0.2, 0.25) is 0 Å². The van der Waals surface area contributed by atoms with E-state index >= 15 is 0 Å². The van der Waals surface area contributed by atoms with Gasteiger partial charge in [0.1, 0.15) is 0 Å². The van der Waals surface area contributed by atoms with E-state index in [1.54, 1.807) is 12.1 Å². The van der Waals surface area contributed by atoms with Crippen molar-refractivity contribution in [1.82, 2.24) is 0 Å². The van der Waals surface area contributed by atoms with Crippen molar-refractivity contribution < 1.29 is 9.90 Å². The molecule has 4 heteroatoms. The summed E-state index contributed by atoms with van der Waals surface area (Å²) in [5.41, 5.74) is 1.25. The Hall–Kier alpha value is -1.03. The van der Waals surface area contributed by atoms with Crippen LogP contribution in [0.15, 0.2) is 22.7 Å². The zero-order valence-corrected chi connectivity index (χ0v) is 12.0. The van der Waals surface area contributed by atoms with Crippen LogP contribution in [0.5, 0.6) is 0 Å². The Labute approximate surface area is 111 Å². The number of rotatable bonds is 5. The summed E-state index contributed by atoms with van der Waals surface area (Å²) in [6, 6.07) is 5.72. The minimum atomic E-state index is -0.898. The highest BCUT2D eigenvalue weighted by Crippen LogP contribution is 2.25. The average Bonchev–Trinajstić information content (AvgIpc) is 2.29. The molecule has 0 saturated carbocycles. The Balaban J connectivity index is 3.08. The van der Waals surface area contributed by atoms with Crippen molar-refractivity contribution in [3.63, 3.8) is 0 Å². The Morgan fingerprint density at radius 3 is 2.41 bits per heavy atom. The third kappa shape index (κ3) is 3.46. The van der Waals surface area contributed by atoms with Crippen LogP contribution in [0.3, 0.4) is 0 Å². The van der Waals surface area contributed by atoms with Gasteiger partial charge in [-0.2, -0.15) is 0 Å². The van der Waals surface area contributed by atoms with Crippen LogP contribution in [-0.2, 0) is 0 Å². The maximum Gasteiger partial charge on any atom is 0.335 e. The van der Waals surface area contributed by atoms with Gasteiger partial charge in [0.2, 0.25) is 0 Å². The molecule has 1 N–H and O–H groups in total. The molecule has 0 radical (unpaired) electrons. The monoisotopic (exact) mass is 299 g/mol. The zero-order valence-electron chi connectivity index (χ0n) is 10.4. The summed E-state index contributed by atoms with van der Waals surface area (Å²) in [6.07, 6.45) is 2.09. The third-order valence-corrected chi connectivity index (χ3v) is 3.48. The van der Waals surface area contributed by atoms with E-state index in [1.807, 2.05) is 13.1 Å². The first-order valence-electron chi connectivity index (χ1n) is 5.76. The molecule has 0 aromatic heterocycles. The van der Waals surface area contributed by atoms with Gasteiger partial charge in [0.25, 0.3) is 0 Å². The average molecular weight is 300 g/mol. The first-order chi connectivity index (χ1) is 7.99. The van der Waals surface area contributed by atoms with Crippen LogP contribution in [0, 0.1) is 0 Å². The SMILES string of the molecule is CCC(CC)N(C)c1cc(Br)cc(C(=O)O)c1. The van der Waals surface area contributed by atoms with E-state index in [0.717, 1.165) is 23.0 Å². The molecule has 0 aliphatic rings. The van der Waals surface area contributed by atoms with Gasteiger partial charge in [-0.25, -0.2) is 4.79 Å². The molecule has 0 unspecified atom stereocenters. The Kier molecular flexibility index (Phi) is 5.00. The second kappa shape index (κ2) is 6.05. The molecule has 0 heterocycles. The molecule has 1 aromatic rings. The molecule has 1 rings (SSSR count). The van der Waals surface area contributed by atoms with Crippen LogP contribution >= 0.6 is 15.9 Å². The summed E-state index contributed by atoms with van der Waals surface area (Å²) in [5, 5.41) is 9.03. The lowest BCUT2D eigenvalue weighted by molar-refractivity contribution is 0.0697. The van der Waals surface area contributed by atoms with Crippen molar-refractivity contribution in [3.05, 3.63) is 28.2 Å². The summed E-state index contributed by atoms with van der Waals surface area (Å²) in [7, 11) is 2.01. The fourth-order valence-corrected chi connectivity index (χ4v) is 2.43. The molecule has 0 saturated heterocycles. The van der Waals surface area contributed by atoms with Crippen LogP contribution in [-0.4, -0.2) is 24.2 Å². The molecule has 0 spiro atoms. The number of halogens is 1. The topological polar surface area (TPSA) is 40.5 Å². The number of nitrogens with zero attached hydrogens (tertiary/aromatic N) is 1. The molecule has 0 aliphatic carbocycles. The van der Waals surface area contributed by atoms with E-state index in [-0.39, 0.29) is 0 Å². The lowest BCUT2D eigenvalue weighted by Crippen LogP contribution is -2.30. The van der Waals surface area contributed by atoms with Gasteiger partial charge in [-0.1, -0.05) is 29.8 Å². The number of benzene rings is 1. The van der Waals surface area contributed by atoms with Crippen molar-refractivity contribution >= 4 is 27.6 Å². The normalized spacial score (nSPS) is 10.6. The van der Waals surface area contributed by atoms with Crippen molar-refractivity contribution in [2.75, 3.05) is 11.9 Å². The third-order valence-electron chi connectivity index (χ3n) is 3.03. The largest absolute Gasteiger partial charge is 0.478 e. The van der Waals surface area contributed by atoms with E-state index in [1.165, 1.54) is 0 Å². The summed E-state index contributed by atoms with van der Waals surface area (Å²) in [6.45, 7) is 4.28. The highest BCUT2D eigenvalue weighted by molar-refractivity contribution is 9.10. The minimum Gasteiger partial charge on any atom is -0.478 e. The standard InChI is InChI=1S/C13H18BrNO2/c1-4-11(5-2)15(3)12-7-9(13(16)17)6-10(14)8-12/h6-8,11H,4-5H2,1-3H3,(H,16,17). The second-order valence-corrected chi connectivity index (χ2v) is 5.00. The van der Waals surface area contributed by atoms with Crippen LogP contribution < -0.4 is 4.90 Å². The van der Waals surface area contributed by atoms with Crippen molar-refractivity contribution in [3.8, 4) is 0 Å². The number of carboxylic acid groups (broad SMARTS) is 1. The predicted molar refractivity (Wildman–Crippen MR) is 73.9 cm³/mol. The van der Waals surface area contributed by atoms with Crippen LogP contribution in [0.1, 0.15) is 37.0 Å². The molecule has 0 amide bonds. The highest BCUT2D eigenvalue weighted by atomic mass is 79.9. The molecule has 1 aromatic carbocycles. The molecule has 17 heavy (non-hydrogen) atoms.